The summed E-state index contributed by atoms with van der Waals surface area (Å²) in [6.07, 6.45) is -1.01. The lowest BCUT2D eigenvalue weighted by Crippen LogP contribution is -2.40. The third-order valence-corrected chi connectivity index (χ3v) is 3.13. The fourth-order valence-electron chi connectivity index (χ4n) is 2.04. The van der Waals surface area contributed by atoms with Gasteiger partial charge in [-0.1, -0.05) is 13.0 Å². The lowest BCUT2D eigenvalue weighted by molar-refractivity contribution is -0.138. The van der Waals surface area contributed by atoms with Crippen LogP contribution < -0.4 is 5.73 Å². The summed E-state index contributed by atoms with van der Waals surface area (Å²) in [7, 11) is 1.67. The molecule has 0 aliphatic rings. The van der Waals surface area contributed by atoms with Crippen molar-refractivity contribution in [3.8, 4) is 0 Å². The van der Waals surface area contributed by atoms with Gasteiger partial charge in [0.15, 0.2) is 0 Å². The van der Waals surface area contributed by atoms with E-state index in [-0.39, 0.29) is 18.6 Å². The van der Waals surface area contributed by atoms with Gasteiger partial charge in [-0.15, -0.1) is 0 Å². The predicted octanol–water partition coefficient (Wildman–Crippen LogP) is 2.74. The average molecular weight is 275 g/mol. The second kappa shape index (κ2) is 6.86. The number of halogens is 3. The van der Waals surface area contributed by atoms with Crippen LogP contribution in [-0.4, -0.2) is 35.7 Å². The Balaban J connectivity index is 2.80. The van der Waals surface area contributed by atoms with Crippen LogP contribution in [0.25, 0.3) is 0 Å². The SMILES string of the molecule is CCC(N)C(c1cccnc1)N(C)CCC(F)(F)F. The number of hydrogen-bond donors (Lipinski definition) is 1. The Kier molecular flexibility index (Phi) is 5.75. The number of rotatable bonds is 6. The van der Waals surface area contributed by atoms with Crippen molar-refractivity contribution in [3.63, 3.8) is 0 Å². The molecule has 0 amide bonds. The number of alkyl halides is 3. The Morgan fingerprint density at radius 1 is 1.42 bits per heavy atom. The number of likely N-dealkylation sites (N-methyl/N-ethyl adjacent to an activating group) is 1. The monoisotopic (exact) mass is 275 g/mol. The number of pyridine rings is 1. The second-order valence-corrected chi connectivity index (χ2v) is 4.65. The lowest BCUT2D eigenvalue weighted by atomic mass is 9.98. The van der Waals surface area contributed by atoms with E-state index in [4.69, 9.17) is 5.73 Å². The molecule has 0 aliphatic heterocycles. The van der Waals surface area contributed by atoms with Crippen LogP contribution in [0, 0.1) is 0 Å². The summed E-state index contributed by atoms with van der Waals surface area (Å²) in [5, 5.41) is 0. The van der Waals surface area contributed by atoms with Crippen LogP contribution in [0.2, 0.25) is 0 Å². The van der Waals surface area contributed by atoms with E-state index in [1.165, 1.54) is 0 Å². The molecule has 19 heavy (non-hydrogen) atoms. The summed E-state index contributed by atoms with van der Waals surface area (Å²) in [5.41, 5.74) is 6.89. The Morgan fingerprint density at radius 3 is 2.58 bits per heavy atom. The van der Waals surface area contributed by atoms with Gasteiger partial charge >= 0.3 is 6.18 Å². The zero-order chi connectivity index (χ0) is 14.5. The minimum absolute atomic E-state index is 0.0727. The molecule has 0 aliphatic carbocycles. The Hall–Kier alpha value is -1.14. The number of nitrogens with zero attached hydrogens (tertiary/aromatic N) is 2. The number of aromatic nitrogens is 1. The average Bonchev–Trinajstić information content (AvgIpc) is 2.37. The molecule has 1 heterocycles. The van der Waals surface area contributed by atoms with E-state index in [1.807, 2.05) is 13.0 Å². The molecule has 0 bridgehead atoms. The van der Waals surface area contributed by atoms with Gasteiger partial charge in [-0.05, 0) is 25.1 Å². The van der Waals surface area contributed by atoms with Crippen LogP contribution in [0.3, 0.4) is 0 Å². The topological polar surface area (TPSA) is 42.1 Å². The summed E-state index contributed by atoms with van der Waals surface area (Å²) in [6.45, 7) is 1.85. The van der Waals surface area contributed by atoms with E-state index < -0.39 is 12.6 Å². The lowest BCUT2D eigenvalue weighted by Gasteiger charge is -2.32. The molecule has 2 atom stereocenters. The molecule has 0 radical (unpaired) electrons. The first-order valence-electron chi connectivity index (χ1n) is 6.27. The van der Waals surface area contributed by atoms with Gasteiger partial charge in [-0.2, -0.15) is 13.2 Å². The highest BCUT2D eigenvalue weighted by molar-refractivity contribution is 5.16. The van der Waals surface area contributed by atoms with Crippen LogP contribution in [0.4, 0.5) is 13.2 Å². The molecule has 0 spiro atoms. The summed E-state index contributed by atoms with van der Waals surface area (Å²) in [4.78, 5) is 5.66. The van der Waals surface area contributed by atoms with Gasteiger partial charge in [0.05, 0.1) is 12.5 Å². The highest BCUT2D eigenvalue weighted by Crippen LogP contribution is 2.26. The van der Waals surface area contributed by atoms with Gasteiger partial charge in [0.25, 0.3) is 0 Å². The van der Waals surface area contributed by atoms with Gasteiger partial charge in [-0.25, -0.2) is 0 Å². The van der Waals surface area contributed by atoms with Crippen molar-refractivity contribution >= 4 is 0 Å². The first-order valence-corrected chi connectivity index (χ1v) is 6.27. The molecule has 2 N–H and O–H groups in total. The fraction of sp³-hybridized carbons (Fsp3) is 0.615. The van der Waals surface area contributed by atoms with Gasteiger partial charge in [-0.3, -0.25) is 9.88 Å². The first-order chi connectivity index (χ1) is 8.85. The quantitative estimate of drug-likeness (QED) is 0.868. The highest BCUT2D eigenvalue weighted by atomic mass is 19.4. The summed E-state index contributed by atoms with van der Waals surface area (Å²) in [5.74, 6) is 0. The van der Waals surface area contributed by atoms with Gasteiger partial charge in [0, 0.05) is 25.0 Å². The molecule has 1 aromatic rings. The van der Waals surface area contributed by atoms with Crippen LogP contribution >= 0.6 is 0 Å². The van der Waals surface area contributed by atoms with Crippen LogP contribution in [0.15, 0.2) is 24.5 Å². The first kappa shape index (κ1) is 15.9. The van der Waals surface area contributed by atoms with Crippen LogP contribution in [0.5, 0.6) is 0 Å². The molecule has 3 nitrogen and oxygen atoms in total. The summed E-state index contributed by atoms with van der Waals surface area (Å²) in [6, 6.07) is 3.14. The standard InChI is InChI=1S/C13H20F3N3/c1-3-11(17)12(10-5-4-7-18-9-10)19(2)8-6-13(14,15)16/h4-5,7,9,11-12H,3,6,8,17H2,1-2H3. The minimum atomic E-state index is -4.15. The van der Waals surface area contributed by atoms with Crippen molar-refractivity contribution in [2.45, 2.75) is 38.0 Å². The molecule has 0 fully saturated rings. The second-order valence-electron chi connectivity index (χ2n) is 4.65. The zero-order valence-corrected chi connectivity index (χ0v) is 11.2. The normalized spacial score (nSPS) is 15.5. The van der Waals surface area contributed by atoms with Crippen molar-refractivity contribution in [2.75, 3.05) is 13.6 Å². The molecule has 108 valence electrons. The third kappa shape index (κ3) is 5.16. The van der Waals surface area contributed by atoms with E-state index in [2.05, 4.69) is 4.98 Å². The maximum Gasteiger partial charge on any atom is 0.390 e. The van der Waals surface area contributed by atoms with E-state index >= 15 is 0 Å². The zero-order valence-electron chi connectivity index (χ0n) is 11.2. The van der Waals surface area contributed by atoms with Crippen LogP contribution in [0.1, 0.15) is 31.4 Å². The van der Waals surface area contributed by atoms with Gasteiger partial charge in [0.2, 0.25) is 0 Å². The largest absolute Gasteiger partial charge is 0.390 e. The predicted molar refractivity (Wildman–Crippen MR) is 68.5 cm³/mol. The van der Waals surface area contributed by atoms with Gasteiger partial charge in [0.1, 0.15) is 0 Å². The molecule has 1 aromatic heterocycles. The molecule has 0 saturated heterocycles. The van der Waals surface area contributed by atoms with E-state index in [0.29, 0.717) is 6.42 Å². The molecular weight excluding hydrogens is 255 g/mol. The Labute approximate surface area is 111 Å². The maximum atomic E-state index is 12.3. The maximum absolute atomic E-state index is 12.3. The Morgan fingerprint density at radius 2 is 2.11 bits per heavy atom. The molecule has 0 saturated carbocycles. The fourth-order valence-corrected chi connectivity index (χ4v) is 2.04. The van der Waals surface area contributed by atoms with E-state index in [0.717, 1.165) is 5.56 Å². The summed E-state index contributed by atoms with van der Waals surface area (Å²) < 4.78 is 36.9. The number of hydrogen-bond acceptors (Lipinski definition) is 3. The minimum Gasteiger partial charge on any atom is -0.326 e. The van der Waals surface area contributed by atoms with Crippen LogP contribution in [-0.2, 0) is 0 Å². The van der Waals surface area contributed by atoms with E-state index in [9.17, 15) is 13.2 Å². The molecule has 2 unspecified atom stereocenters. The molecule has 6 heteroatoms. The number of nitrogens with two attached hydrogens (primary N) is 1. The third-order valence-electron chi connectivity index (χ3n) is 3.13. The van der Waals surface area contributed by atoms with Crippen molar-refractivity contribution in [3.05, 3.63) is 30.1 Å². The smallest absolute Gasteiger partial charge is 0.326 e. The molecule has 0 aromatic carbocycles. The molecule has 1 rings (SSSR count). The van der Waals surface area contributed by atoms with E-state index in [1.54, 1.807) is 30.4 Å². The van der Waals surface area contributed by atoms with Crippen molar-refractivity contribution < 1.29 is 13.2 Å². The molecular formula is C13H20F3N3. The van der Waals surface area contributed by atoms with Crippen molar-refractivity contribution in [1.82, 2.24) is 9.88 Å². The summed E-state index contributed by atoms with van der Waals surface area (Å²) >= 11 is 0. The Bertz CT molecular complexity index is 367. The highest BCUT2D eigenvalue weighted by Gasteiger charge is 2.30. The van der Waals surface area contributed by atoms with Gasteiger partial charge < -0.3 is 5.73 Å². The van der Waals surface area contributed by atoms with Crippen molar-refractivity contribution in [1.29, 1.82) is 0 Å². The van der Waals surface area contributed by atoms with Crippen molar-refractivity contribution in [2.24, 2.45) is 5.73 Å².